The van der Waals surface area contributed by atoms with Crippen molar-refractivity contribution in [3.63, 3.8) is 0 Å². The average Bonchev–Trinajstić information content (AvgIpc) is 2.65. The summed E-state index contributed by atoms with van der Waals surface area (Å²) < 4.78 is 11.2. The smallest absolute Gasteiger partial charge is 0.150 e. The molecule has 92 valence electrons. The van der Waals surface area contributed by atoms with E-state index in [1.165, 1.54) is 0 Å². The number of carbonyl (C=O) groups excluding carboxylic acids is 1. The predicted octanol–water partition coefficient (Wildman–Crippen LogP) is 0.703. The van der Waals surface area contributed by atoms with Gasteiger partial charge in [0.25, 0.3) is 0 Å². The summed E-state index contributed by atoms with van der Waals surface area (Å²) in [6.07, 6.45) is 2.66. The van der Waals surface area contributed by atoms with Crippen molar-refractivity contribution < 1.29 is 14.3 Å². The molecule has 1 spiro atoms. The van der Waals surface area contributed by atoms with E-state index in [-0.39, 0.29) is 11.5 Å². The number of rotatable bonds is 3. The summed E-state index contributed by atoms with van der Waals surface area (Å²) in [5.74, 6) is 0.512. The van der Waals surface area contributed by atoms with Gasteiger partial charge in [0.05, 0.1) is 18.8 Å². The highest BCUT2D eigenvalue weighted by Gasteiger charge is 2.42. The average molecular weight is 227 g/mol. The predicted molar refractivity (Wildman–Crippen MR) is 60.4 cm³/mol. The molecule has 2 rings (SSSR count). The molecule has 0 aromatic carbocycles. The Balaban J connectivity index is 1.93. The van der Waals surface area contributed by atoms with Gasteiger partial charge in [0.2, 0.25) is 0 Å². The number of likely N-dealkylation sites (N-methyl/N-ethyl adjacent to an activating group) is 1. The molecule has 2 atom stereocenters. The van der Waals surface area contributed by atoms with Gasteiger partial charge in [-0.3, -0.25) is 4.79 Å². The third kappa shape index (κ3) is 2.62. The van der Waals surface area contributed by atoms with Gasteiger partial charge in [-0.2, -0.15) is 0 Å². The van der Waals surface area contributed by atoms with Crippen LogP contribution in [0.15, 0.2) is 0 Å². The molecule has 0 amide bonds. The molecule has 2 fully saturated rings. The number of Topliss-reactive ketones (excluding diaryl/α,β-unsaturated/α-hetero) is 1. The lowest BCUT2D eigenvalue weighted by molar-refractivity contribution is -0.137. The van der Waals surface area contributed by atoms with E-state index in [9.17, 15) is 4.79 Å². The first kappa shape index (κ1) is 12.0. The monoisotopic (exact) mass is 227 g/mol. The summed E-state index contributed by atoms with van der Waals surface area (Å²) in [7, 11) is 3.87. The zero-order chi connectivity index (χ0) is 11.6. The Morgan fingerprint density at radius 2 is 2.25 bits per heavy atom. The van der Waals surface area contributed by atoms with Gasteiger partial charge in [0.1, 0.15) is 5.78 Å². The van der Waals surface area contributed by atoms with Crippen molar-refractivity contribution in [2.75, 3.05) is 40.5 Å². The quantitative estimate of drug-likeness (QED) is 0.711. The van der Waals surface area contributed by atoms with Gasteiger partial charge in [-0.15, -0.1) is 0 Å². The molecule has 16 heavy (non-hydrogen) atoms. The summed E-state index contributed by atoms with van der Waals surface area (Å²) in [5.41, 5.74) is -0.148. The van der Waals surface area contributed by atoms with E-state index < -0.39 is 0 Å². The molecule has 0 aromatic heterocycles. The number of hydrogen-bond acceptors (Lipinski definition) is 4. The normalized spacial score (nSPS) is 34.8. The molecular formula is C12H21NO3. The molecule has 2 saturated heterocycles. The van der Waals surface area contributed by atoms with Gasteiger partial charge in [-0.05, 0) is 26.9 Å². The third-order valence-electron chi connectivity index (χ3n) is 3.49. The Labute approximate surface area is 96.9 Å². The van der Waals surface area contributed by atoms with Crippen molar-refractivity contribution in [3.05, 3.63) is 0 Å². The van der Waals surface area contributed by atoms with Gasteiger partial charge in [0.15, 0.2) is 0 Å². The Morgan fingerprint density at radius 1 is 1.44 bits per heavy atom. The van der Waals surface area contributed by atoms with Gasteiger partial charge < -0.3 is 14.4 Å². The van der Waals surface area contributed by atoms with Crippen molar-refractivity contribution in [1.82, 2.24) is 4.90 Å². The van der Waals surface area contributed by atoms with Crippen LogP contribution in [0.4, 0.5) is 0 Å². The summed E-state index contributed by atoms with van der Waals surface area (Å²) in [4.78, 5) is 14.0. The molecule has 2 aliphatic heterocycles. The Kier molecular flexibility index (Phi) is 3.62. The van der Waals surface area contributed by atoms with Gasteiger partial charge in [-0.25, -0.2) is 0 Å². The van der Waals surface area contributed by atoms with E-state index in [2.05, 4.69) is 0 Å². The molecule has 0 radical (unpaired) electrons. The van der Waals surface area contributed by atoms with Gasteiger partial charge >= 0.3 is 0 Å². The highest BCUT2D eigenvalue weighted by molar-refractivity contribution is 5.83. The second kappa shape index (κ2) is 4.82. The molecule has 4 nitrogen and oxygen atoms in total. The van der Waals surface area contributed by atoms with Crippen LogP contribution in [0.5, 0.6) is 0 Å². The fourth-order valence-corrected chi connectivity index (χ4v) is 2.61. The first-order chi connectivity index (χ1) is 7.61. The molecule has 0 bridgehead atoms. The largest absolute Gasteiger partial charge is 0.378 e. The first-order valence-electron chi connectivity index (χ1n) is 6.00. The maximum absolute atomic E-state index is 12.0. The van der Waals surface area contributed by atoms with Crippen LogP contribution in [0.1, 0.15) is 19.3 Å². The van der Waals surface area contributed by atoms with Crippen LogP contribution in [-0.4, -0.2) is 56.7 Å². The summed E-state index contributed by atoms with van der Waals surface area (Å²) >= 11 is 0. The van der Waals surface area contributed by atoms with E-state index in [1.807, 2.05) is 19.0 Å². The Bertz CT molecular complexity index is 259. The van der Waals surface area contributed by atoms with Crippen LogP contribution in [-0.2, 0) is 14.3 Å². The second-order valence-electron chi connectivity index (χ2n) is 5.23. The molecule has 4 heteroatoms. The molecule has 0 aliphatic carbocycles. The number of nitrogens with zero attached hydrogens (tertiary/aromatic N) is 1. The van der Waals surface area contributed by atoms with Crippen LogP contribution < -0.4 is 0 Å². The van der Waals surface area contributed by atoms with Crippen LogP contribution >= 0.6 is 0 Å². The van der Waals surface area contributed by atoms with Gasteiger partial charge in [-0.1, -0.05) is 0 Å². The molecule has 0 aromatic rings. The topological polar surface area (TPSA) is 38.8 Å². The molecule has 2 unspecified atom stereocenters. The standard InChI is InChI=1S/C12H21NO3/c1-13(2)8-11(14)10-3-5-16-12(7-10)4-6-15-9-12/h10H,3-9H2,1-2H3. The molecule has 0 N–H and O–H groups in total. The fourth-order valence-electron chi connectivity index (χ4n) is 2.61. The van der Waals surface area contributed by atoms with E-state index in [0.717, 1.165) is 25.9 Å². The number of hydrogen-bond donors (Lipinski definition) is 0. The molecule has 2 aliphatic rings. The maximum atomic E-state index is 12.0. The zero-order valence-electron chi connectivity index (χ0n) is 10.2. The minimum absolute atomic E-state index is 0.148. The lowest BCUT2D eigenvalue weighted by Gasteiger charge is -2.36. The third-order valence-corrected chi connectivity index (χ3v) is 3.49. The summed E-state index contributed by atoms with van der Waals surface area (Å²) in [6.45, 7) is 2.68. The summed E-state index contributed by atoms with van der Waals surface area (Å²) in [5, 5.41) is 0. The maximum Gasteiger partial charge on any atom is 0.150 e. The lowest BCUT2D eigenvalue weighted by atomic mass is 9.83. The van der Waals surface area contributed by atoms with Crippen LogP contribution in [0, 0.1) is 5.92 Å². The zero-order valence-corrected chi connectivity index (χ0v) is 10.2. The second-order valence-corrected chi connectivity index (χ2v) is 5.23. The van der Waals surface area contributed by atoms with Crippen molar-refractivity contribution in [2.45, 2.75) is 24.9 Å². The van der Waals surface area contributed by atoms with E-state index in [1.54, 1.807) is 0 Å². The first-order valence-corrected chi connectivity index (χ1v) is 6.00. The minimum Gasteiger partial charge on any atom is -0.378 e. The van der Waals surface area contributed by atoms with Crippen molar-refractivity contribution >= 4 is 5.78 Å². The SMILES string of the molecule is CN(C)CC(=O)C1CCOC2(CCOC2)C1. The highest BCUT2D eigenvalue weighted by Crippen LogP contribution is 2.36. The van der Waals surface area contributed by atoms with Crippen molar-refractivity contribution in [3.8, 4) is 0 Å². The molecule has 2 heterocycles. The number of ketones is 1. The van der Waals surface area contributed by atoms with Gasteiger partial charge in [0, 0.05) is 25.6 Å². The molecule has 0 saturated carbocycles. The summed E-state index contributed by atoms with van der Waals surface area (Å²) in [6, 6.07) is 0. The van der Waals surface area contributed by atoms with E-state index >= 15 is 0 Å². The van der Waals surface area contributed by atoms with Crippen molar-refractivity contribution in [2.24, 2.45) is 5.92 Å². The number of carbonyl (C=O) groups is 1. The van der Waals surface area contributed by atoms with E-state index in [0.29, 0.717) is 25.5 Å². The van der Waals surface area contributed by atoms with Crippen LogP contribution in [0.3, 0.4) is 0 Å². The minimum atomic E-state index is -0.148. The lowest BCUT2D eigenvalue weighted by Crippen LogP contribution is -2.44. The Morgan fingerprint density at radius 3 is 2.88 bits per heavy atom. The fraction of sp³-hybridized carbons (Fsp3) is 0.917. The highest BCUT2D eigenvalue weighted by atomic mass is 16.6. The molecular weight excluding hydrogens is 206 g/mol. The van der Waals surface area contributed by atoms with E-state index in [4.69, 9.17) is 9.47 Å². The van der Waals surface area contributed by atoms with Crippen LogP contribution in [0.2, 0.25) is 0 Å². The number of ether oxygens (including phenoxy) is 2. The van der Waals surface area contributed by atoms with Crippen LogP contribution in [0.25, 0.3) is 0 Å². The van der Waals surface area contributed by atoms with Crippen molar-refractivity contribution in [1.29, 1.82) is 0 Å². The Hall–Kier alpha value is -0.450.